The van der Waals surface area contributed by atoms with E-state index in [4.69, 9.17) is 12.8 Å². The van der Waals surface area contributed by atoms with Crippen molar-refractivity contribution in [2.45, 2.75) is 25.2 Å². The maximum Gasteiger partial charge on any atom is 1.00 e. The molecule has 0 unspecified atom stereocenters. The Hall–Kier alpha value is 1.34. The van der Waals surface area contributed by atoms with Crippen LogP contribution >= 0.6 is 0 Å². The standard InChI is InChI=1S/C11H14NS.Rb/c1-9-2-4-10(5-3-9)11(6-7-11)8-12-13;/h2-5,12H,6-8H2,1H3;/q-1;+1. The fourth-order valence-electron chi connectivity index (χ4n) is 1.76. The molecule has 0 heterocycles. The van der Waals surface area contributed by atoms with E-state index in [0.717, 1.165) is 6.54 Å². The molecule has 0 spiro atoms. The monoisotopic (exact) mass is 277 g/mol. The van der Waals surface area contributed by atoms with Crippen molar-refractivity contribution < 1.29 is 58.2 Å². The Morgan fingerprint density at radius 2 is 1.86 bits per heavy atom. The van der Waals surface area contributed by atoms with E-state index in [9.17, 15) is 0 Å². The average molecular weight is 278 g/mol. The number of aryl methyl sites for hydroxylation is 1. The van der Waals surface area contributed by atoms with E-state index in [1.807, 2.05) is 0 Å². The summed E-state index contributed by atoms with van der Waals surface area (Å²) in [4.78, 5) is 0. The van der Waals surface area contributed by atoms with Crippen LogP contribution in [0, 0.1) is 6.92 Å². The van der Waals surface area contributed by atoms with Gasteiger partial charge >= 0.3 is 58.2 Å². The summed E-state index contributed by atoms with van der Waals surface area (Å²) in [6, 6.07) is 8.82. The minimum absolute atomic E-state index is 0. The summed E-state index contributed by atoms with van der Waals surface area (Å²) in [7, 11) is 0. The normalized spacial score (nSPS) is 17.3. The van der Waals surface area contributed by atoms with E-state index in [2.05, 4.69) is 35.9 Å². The predicted molar refractivity (Wildman–Crippen MR) is 57.5 cm³/mol. The minimum atomic E-state index is 0. The molecule has 1 fully saturated rings. The molecule has 14 heavy (non-hydrogen) atoms. The van der Waals surface area contributed by atoms with Crippen molar-refractivity contribution in [1.82, 2.24) is 4.72 Å². The molecule has 1 N–H and O–H groups in total. The van der Waals surface area contributed by atoms with Crippen molar-refractivity contribution in [2.75, 3.05) is 6.54 Å². The fraction of sp³-hybridized carbons (Fsp3) is 0.455. The SMILES string of the molecule is Cc1ccc(C2(CN[S-])CC2)cc1.[Rb+]. The molecule has 1 saturated carbocycles. The van der Waals surface area contributed by atoms with Crippen molar-refractivity contribution in [3.8, 4) is 0 Å². The minimum Gasteiger partial charge on any atom is -0.705 e. The van der Waals surface area contributed by atoms with Gasteiger partial charge in [0.25, 0.3) is 0 Å². The Morgan fingerprint density at radius 3 is 2.29 bits per heavy atom. The topological polar surface area (TPSA) is 12.0 Å². The summed E-state index contributed by atoms with van der Waals surface area (Å²) < 4.78 is 2.87. The fourth-order valence-corrected chi connectivity index (χ4v) is 2.04. The van der Waals surface area contributed by atoms with E-state index < -0.39 is 0 Å². The molecule has 70 valence electrons. The van der Waals surface area contributed by atoms with Crippen LogP contribution in [-0.2, 0) is 18.2 Å². The van der Waals surface area contributed by atoms with Gasteiger partial charge in [-0.05, 0) is 31.9 Å². The number of nitrogens with one attached hydrogen (secondary N) is 1. The van der Waals surface area contributed by atoms with Crippen LogP contribution in [0.1, 0.15) is 24.0 Å². The van der Waals surface area contributed by atoms with E-state index in [1.54, 1.807) is 0 Å². The van der Waals surface area contributed by atoms with Crippen molar-refractivity contribution in [1.29, 1.82) is 0 Å². The van der Waals surface area contributed by atoms with Gasteiger partial charge in [-0.2, -0.15) is 0 Å². The van der Waals surface area contributed by atoms with E-state index in [1.165, 1.54) is 24.0 Å². The quantitative estimate of drug-likeness (QED) is 0.718. The van der Waals surface area contributed by atoms with Crippen LogP contribution in [0.25, 0.3) is 0 Å². The number of rotatable bonds is 3. The Bertz CT molecular complexity index is 293. The first-order valence-electron chi connectivity index (χ1n) is 4.69. The third-order valence-electron chi connectivity index (χ3n) is 2.93. The zero-order chi connectivity index (χ0) is 9.31. The van der Waals surface area contributed by atoms with Gasteiger partial charge in [0.2, 0.25) is 0 Å². The van der Waals surface area contributed by atoms with Crippen LogP contribution < -0.4 is 62.9 Å². The van der Waals surface area contributed by atoms with Gasteiger partial charge in [0.1, 0.15) is 0 Å². The van der Waals surface area contributed by atoms with Gasteiger partial charge in [-0.25, -0.2) is 0 Å². The summed E-state index contributed by atoms with van der Waals surface area (Å²) in [5.41, 5.74) is 3.14. The van der Waals surface area contributed by atoms with Crippen molar-refractivity contribution in [3.05, 3.63) is 35.4 Å². The van der Waals surface area contributed by atoms with Gasteiger partial charge in [-0.15, -0.1) is 0 Å². The van der Waals surface area contributed by atoms with Gasteiger partial charge in [0.05, 0.1) is 0 Å². The Kier molecular flexibility index (Phi) is 5.36. The first kappa shape index (κ1) is 13.4. The second-order valence-corrected chi connectivity index (χ2v) is 4.26. The van der Waals surface area contributed by atoms with Gasteiger partial charge < -0.3 is 17.5 Å². The molecule has 2 rings (SSSR count). The molecule has 1 aliphatic carbocycles. The molecular weight excluding hydrogens is 264 g/mol. The molecule has 0 amide bonds. The van der Waals surface area contributed by atoms with Crippen LogP contribution in [0.4, 0.5) is 0 Å². The molecule has 0 bridgehead atoms. The molecule has 0 saturated heterocycles. The molecular formula is C11H14NRbS. The third-order valence-corrected chi connectivity index (χ3v) is 3.07. The number of hydrogen-bond donors (Lipinski definition) is 1. The molecule has 0 aliphatic heterocycles. The second-order valence-electron chi connectivity index (χ2n) is 3.97. The largest absolute Gasteiger partial charge is 1.00 e. The second kappa shape index (κ2) is 5.60. The Balaban J connectivity index is 0.000000980. The van der Waals surface area contributed by atoms with E-state index in [0.29, 0.717) is 5.41 Å². The zero-order valence-corrected chi connectivity index (χ0v) is 14.6. The molecule has 0 atom stereocenters. The molecule has 1 nitrogen and oxygen atoms in total. The van der Waals surface area contributed by atoms with E-state index >= 15 is 0 Å². The predicted octanol–water partition coefficient (Wildman–Crippen LogP) is -0.918. The third kappa shape index (κ3) is 2.93. The molecule has 1 aliphatic rings. The zero-order valence-electron chi connectivity index (χ0n) is 8.84. The maximum atomic E-state index is 4.82. The van der Waals surface area contributed by atoms with Crippen LogP contribution in [0.15, 0.2) is 24.3 Å². The smallest absolute Gasteiger partial charge is 0.705 e. The summed E-state index contributed by atoms with van der Waals surface area (Å²) in [6.45, 7) is 3.06. The molecule has 3 heteroatoms. The molecule has 1 aromatic carbocycles. The Morgan fingerprint density at radius 1 is 1.29 bits per heavy atom. The van der Waals surface area contributed by atoms with Gasteiger partial charge in [0.15, 0.2) is 0 Å². The maximum absolute atomic E-state index is 4.82. The summed E-state index contributed by atoms with van der Waals surface area (Å²) in [5.74, 6) is 0. The van der Waals surface area contributed by atoms with Crippen LogP contribution in [0.2, 0.25) is 0 Å². The first-order valence-corrected chi connectivity index (χ1v) is 5.10. The van der Waals surface area contributed by atoms with Crippen LogP contribution in [0.3, 0.4) is 0 Å². The number of benzene rings is 1. The summed E-state index contributed by atoms with van der Waals surface area (Å²) in [5, 5.41) is 0. The van der Waals surface area contributed by atoms with Gasteiger partial charge in [-0.1, -0.05) is 29.8 Å². The first-order chi connectivity index (χ1) is 6.27. The molecule has 0 aromatic heterocycles. The summed E-state index contributed by atoms with van der Waals surface area (Å²) >= 11 is 4.82. The number of hydrogen-bond acceptors (Lipinski definition) is 2. The van der Waals surface area contributed by atoms with Gasteiger partial charge in [-0.3, -0.25) is 0 Å². The molecule has 1 aromatic rings. The van der Waals surface area contributed by atoms with Crippen LogP contribution in [-0.4, -0.2) is 6.54 Å². The summed E-state index contributed by atoms with van der Waals surface area (Å²) in [6.07, 6.45) is 2.55. The van der Waals surface area contributed by atoms with Crippen molar-refractivity contribution in [3.63, 3.8) is 0 Å². The molecule has 0 radical (unpaired) electrons. The van der Waals surface area contributed by atoms with Gasteiger partial charge in [0, 0.05) is 5.41 Å². The van der Waals surface area contributed by atoms with Crippen molar-refractivity contribution >= 4 is 12.8 Å². The Labute approximate surface area is 140 Å². The average Bonchev–Trinajstić information content (AvgIpc) is 2.87. The van der Waals surface area contributed by atoms with Crippen molar-refractivity contribution in [2.24, 2.45) is 0 Å². The van der Waals surface area contributed by atoms with Crippen LogP contribution in [0.5, 0.6) is 0 Å². The van der Waals surface area contributed by atoms with E-state index in [-0.39, 0.29) is 58.2 Å².